The highest BCUT2D eigenvalue weighted by molar-refractivity contribution is 8.01. The number of rotatable bonds is 7. The third kappa shape index (κ3) is 6.18. The van der Waals surface area contributed by atoms with Crippen LogP contribution in [-0.4, -0.2) is 34.9 Å². The Morgan fingerprint density at radius 2 is 1.87 bits per heavy atom. The first-order valence-electron chi connectivity index (χ1n) is 8.64. The van der Waals surface area contributed by atoms with Gasteiger partial charge < -0.3 is 10.1 Å². The molecule has 0 radical (unpaired) electrons. The molecule has 31 heavy (non-hydrogen) atoms. The summed E-state index contributed by atoms with van der Waals surface area (Å²) in [6.45, 7) is 0. The molecule has 0 saturated heterocycles. The molecule has 12 heteroatoms. The Balaban J connectivity index is 1.57. The number of hydrogen-bond acceptors (Lipinski definition) is 7. The molecule has 3 aromatic rings. The van der Waals surface area contributed by atoms with Crippen LogP contribution in [0.15, 0.2) is 52.9 Å². The smallest absolute Gasteiger partial charge is 0.417 e. The predicted octanol–water partition coefficient (Wildman–Crippen LogP) is 4.55. The summed E-state index contributed by atoms with van der Waals surface area (Å²) in [5.41, 5.74) is -0.989. The highest BCUT2D eigenvalue weighted by Crippen LogP contribution is 2.32. The molecule has 0 aliphatic rings. The minimum atomic E-state index is -4.66. The number of aromatic nitrogens is 2. The lowest BCUT2D eigenvalue weighted by Gasteiger charge is -2.11. The van der Waals surface area contributed by atoms with Crippen LogP contribution >= 0.6 is 23.1 Å². The Bertz CT molecular complexity index is 1090. The molecule has 0 bridgehead atoms. The Kier molecular flexibility index (Phi) is 7.13. The highest BCUT2D eigenvalue weighted by Gasteiger charge is 2.35. The van der Waals surface area contributed by atoms with Gasteiger partial charge in [-0.3, -0.25) is 14.9 Å². The fourth-order valence-corrected chi connectivity index (χ4v) is 3.98. The van der Waals surface area contributed by atoms with E-state index in [-0.39, 0.29) is 16.8 Å². The highest BCUT2D eigenvalue weighted by atomic mass is 32.2. The van der Waals surface area contributed by atoms with Crippen molar-refractivity contribution in [2.45, 2.75) is 10.5 Å². The molecule has 2 amide bonds. The van der Waals surface area contributed by atoms with Crippen molar-refractivity contribution in [2.75, 3.05) is 23.5 Å². The molecule has 162 valence electrons. The van der Waals surface area contributed by atoms with Crippen LogP contribution in [0.25, 0.3) is 0 Å². The van der Waals surface area contributed by atoms with E-state index in [1.807, 2.05) is 0 Å². The lowest BCUT2D eigenvalue weighted by Crippen LogP contribution is -2.18. The SMILES string of the molecule is COc1cccc(NC(=O)CSc2nnc(NC(=O)c3ccccc3C(F)(F)F)s2)c1. The van der Waals surface area contributed by atoms with Crippen LogP contribution in [0.2, 0.25) is 0 Å². The number of methoxy groups -OCH3 is 1. The van der Waals surface area contributed by atoms with Crippen LogP contribution in [0, 0.1) is 0 Å². The van der Waals surface area contributed by atoms with Crippen molar-refractivity contribution in [2.24, 2.45) is 0 Å². The summed E-state index contributed by atoms with van der Waals surface area (Å²) < 4.78 is 44.7. The molecular formula is C19H15F3N4O3S2. The van der Waals surface area contributed by atoms with E-state index >= 15 is 0 Å². The van der Waals surface area contributed by atoms with Crippen molar-refractivity contribution in [1.29, 1.82) is 0 Å². The molecule has 1 aromatic heterocycles. The third-order valence-corrected chi connectivity index (χ3v) is 5.76. The molecule has 0 saturated carbocycles. The Labute approximate surface area is 183 Å². The fourth-order valence-electron chi connectivity index (χ4n) is 2.44. The first kappa shape index (κ1) is 22.6. The molecule has 7 nitrogen and oxygen atoms in total. The van der Waals surface area contributed by atoms with Gasteiger partial charge >= 0.3 is 6.18 Å². The average molecular weight is 468 g/mol. The summed E-state index contributed by atoms with van der Waals surface area (Å²) in [6.07, 6.45) is -4.66. The molecule has 0 aliphatic heterocycles. The number of alkyl halides is 3. The Morgan fingerprint density at radius 1 is 1.10 bits per heavy atom. The maximum Gasteiger partial charge on any atom is 0.417 e. The van der Waals surface area contributed by atoms with Crippen molar-refractivity contribution in [1.82, 2.24) is 10.2 Å². The lowest BCUT2D eigenvalue weighted by atomic mass is 10.1. The van der Waals surface area contributed by atoms with Crippen LogP contribution in [-0.2, 0) is 11.0 Å². The Morgan fingerprint density at radius 3 is 2.61 bits per heavy atom. The zero-order valence-electron chi connectivity index (χ0n) is 15.9. The first-order chi connectivity index (χ1) is 14.8. The number of thioether (sulfide) groups is 1. The van der Waals surface area contributed by atoms with Gasteiger partial charge in [-0.15, -0.1) is 10.2 Å². The number of amides is 2. The van der Waals surface area contributed by atoms with E-state index < -0.39 is 23.2 Å². The van der Waals surface area contributed by atoms with Crippen LogP contribution in [0.5, 0.6) is 5.75 Å². The van der Waals surface area contributed by atoms with E-state index in [1.54, 1.807) is 24.3 Å². The monoisotopic (exact) mass is 468 g/mol. The second-order valence-corrected chi connectivity index (χ2v) is 8.14. The van der Waals surface area contributed by atoms with Crippen molar-refractivity contribution >= 4 is 45.7 Å². The van der Waals surface area contributed by atoms with Crippen LogP contribution in [0.4, 0.5) is 24.0 Å². The molecule has 0 fully saturated rings. The van der Waals surface area contributed by atoms with Gasteiger partial charge in [0.1, 0.15) is 5.75 Å². The van der Waals surface area contributed by atoms with Crippen LogP contribution in [0.3, 0.4) is 0 Å². The van der Waals surface area contributed by atoms with Gasteiger partial charge in [0.2, 0.25) is 11.0 Å². The number of anilines is 2. The van der Waals surface area contributed by atoms with Crippen LogP contribution in [0.1, 0.15) is 15.9 Å². The predicted molar refractivity (Wildman–Crippen MR) is 112 cm³/mol. The number of nitrogens with zero attached hydrogens (tertiary/aromatic N) is 2. The lowest BCUT2D eigenvalue weighted by molar-refractivity contribution is -0.137. The number of hydrogen-bond donors (Lipinski definition) is 2. The van der Waals surface area contributed by atoms with Gasteiger partial charge in [-0.1, -0.05) is 41.3 Å². The number of nitrogens with one attached hydrogen (secondary N) is 2. The zero-order chi connectivity index (χ0) is 22.4. The molecule has 2 aromatic carbocycles. The van der Waals surface area contributed by atoms with Gasteiger partial charge in [-0.05, 0) is 24.3 Å². The number of benzene rings is 2. The normalized spacial score (nSPS) is 11.1. The van der Waals surface area contributed by atoms with E-state index in [0.29, 0.717) is 15.8 Å². The van der Waals surface area contributed by atoms with Gasteiger partial charge in [0.25, 0.3) is 5.91 Å². The van der Waals surface area contributed by atoms with E-state index in [2.05, 4.69) is 20.8 Å². The second kappa shape index (κ2) is 9.79. The maximum absolute atomic E-state index is 13.1. The summed E-state index contributed by atoms with van der Waals surface area (Å²) in [5.74, 6) is -0.618. The number of ether oxygens (including phenoxy) is 1. The summed E-state index contributed by atoms with van der Waals surface area (Å²) in [5, 5.41) is 12.6. The molecule has 0 unspecified atom stereocenters. The molecule has 0 atom stereocenters. The van der Waals surface area contributed by atoms with E-state index in [1.165, 1.54) is 19.2 Å². The van der Waals surface area contributed by atoms with Crippen molar-refractivity contribution in [3.8, 4) is 5.75 Å². The molecular weight excluding hydrogens is 453 g/mol. The van der Waals surface area contributed by atoms with E-state index in [4.69, 9.17) is 4.74 Å². The largest absolute Gasteiger partial charge is 0.497 e. The minimum absolute atomic E-state index is 0.0245. The number of carbonyl (C=O) groups is 2. The van der Waals surface area contributed by atoms with Crippen LogP contribution < -0.4 is 15.4 Å². The van der Waals surface area contributed by atoms with Gasteiger partial charge in [0, 0.05) is 11.8 Å². The minimum Gasteiger partial charge on any atom is -0.497 e. The molecule has 2 N–H and O–H groups in total. The van der Waals surface area contributed by atoms with Gasteiger partial charge in [-0.2, -0.15) is 13.2 Å². The quantitative estimate of drug-likeness (QED) is 0.390. The van der Waals surface area contributed by atoms with Gasteiger partial charge in [-0.25, -0.2) is 0 Å². The number of halogens is 3. The zero-order valence-corrected chi connectivity index (χ0v) is 17.5. The maximum atomic E-state index is 13.1. The van der Waals surface area contributed by atoms with E-state index in [0.717, 1.165) is 35.2 Å². The average Bonchev–Trinajstić information content (AvgIpc) is 3.19. The Hall–Kier alpha value is -3.12. The fraction of sp³-hybridized carbons (Fsp3) is 0.158. The van der Waals surface area contributed by atoms with Crippen molar-refractivity contribution in [3.63, 3.8) is 0 Å². The summed E-state index contributed by atoms with van der Waals surface area (Å²) in [7, 11) is 1.52. The first-order valence-corrected chi connectivity index (χ1v) is 10.4. The summed E-state index contributed by atoms with van der Waals surface area (Å²) in [6, 6.07) is 11.3. The molecule has 1 heterocycles. The molecule has 0 aliphatic carbocycles. The van der Waals surface area contributed by atoms with E-state index in [9.17, 15) is 22.8 Å². The molecule has 3 rings (SSSR count). The standard InChI is InChI=1S/C19H15F3N4O3S2/c1-29-12-6-4-5-11(9-12)23-15(27)10-30-18-26-25-17(31-18)24-16(28)13-7-2-3-8-14(13)19(20,21)22/h2-9H,10H2,1H3,(H,23,27)(H,24,25,28). The van der Waals surface area contributed by atoms with Gasteiger partial charge in [0.05, 0.1) is 24.0 Å². The topological polar surface area (TPSA) is 93.2 Å². The third-order valence-electron chi connectivity index (χ3n) is 3.78. The van der Waals surface area contributed by atoms with Gasteiger partial charge in [0.15, 0.2) is 4.34 Å². The second-order valence-electron chi connectivity index (χ2n) is 5.94. The summed E-state index contributed by atoms with van der Waals surface area (Å²) >= 11 is 2.03. The summed E-state index contributed by atoms with van der Waals surface area (Å²) in [4.78, 5) is 24.4. The number of carbonyl (C=O) groups excluding carboxylic acids is 2. The molecule has 0 spiro atoms. The van der Waals surface area contributed by atoms with Crippen molar-refractivity contribution in [3.05, 3.63) is 59.7 Å². The van der Waals surface area contributed by atoms with Crippen molar-refractivity contribution < 1.29 is 27.5 Å².